The van der Waals surface area contributed by atoms with E-state index in [-0.39, 0.29) is 11.8 Å². The molecule has 1 aliphatic heterocycles. The van der Waals surface area contributed by atoms with Crippen LogP contribution in [0.4, 0.5) is 0 Å². The molecule has 1 saturated heterocycles. The minimum atomic E-state index is -0.0469. The third-order valence-electron chi connectivity index (χ3n) is 3.31. The van der Waals surface area contributed by atoms with Gasteiger partial charge in [-0.25, -0.2) is 0 Å². The molecule has 90 valence electrons. The van der Waals surface area contributed by atoms with E-state index in [1.165, 1.54) is 10.5 Å². The molecule has 1 aromatic carbocycles. The number of hydrogen-bond acceptors (Lipinski definition) is 2. The molecule has 0 spiro atoms. The lowest BCUT2D eigenvalue weighted by atomic mass is 9.99. The molecule has 0 aromatic heterocycles. The molecule has 0 bridgehead atoms. The maximum absolute atomic E-state index is 11.6. The molecule has 0 atom stereocenters. The Labute approximate surface area is 101 Å². The fourth-order valence-corrected chi connectivity index (χ4v) is 2.42. The van der Waals surface area contributed by atoms with E-state index in [1.807, 2.05) is 13.8 Å². The van der Waals surface area contributed by atoms with Gasteiger partial charge in [-0.1, -0.05) is 17.7 Å². The van der Waals surface area contributed by atoms with Crippen LogP contribution in [0.3, 0.4) is 0 Å². The molecule has 2 rings (SSSR count). The van der Waals surface area contributed by atoms with E-state index in [4.69, 9.17) is 0 Å². The molecular weight excluding hydrogens is 214 g/mol. The average Bonchev–Trinajstić information content (AvgIpc) is 2.53. The summed E-state index contributed by atoms with van der Waals surface area (Å²) in [6, 6.07) is 4.18. The van der Waals surface area contributed by atoms with Crippen LogP contribution in [0.15, 0.2) is 12.1 Å². The molecular formula is C14H17NO2. The number of carbonyl (C=O) groups is 2. The van der Waals surface area contributed by atoms with Gasteiger partial charge < -0.3 is 0 Å². The standard InChI is InChI=1S/C14H17NO2/c1-9-6-10(2)12(11(3)7-9)8-15-13(16)4-5-14(15)17/h6-7H,4-5,8H2,1-3H3. The molecule has 0 aliphatic carbocycles. The molecule has 2 amide bonds. The maximum Gasteiger partial charge on any atom is 0.229 e. The predicted octanol–water partition coefficient (Wildman–Crippen LogP) is 2.26. The Bertz CT molecular complexity index is 452. The molecule has 3 heteroatoms. The molecule has 1 aliphatic rings. The fraction of sp³-hybridized carbons (Fsp3) is 0.429. The number of aryl methyl sites for hydroxylation is 3. The number of nitrogens with zero attached hydrogens (tertiary/aromatic N) is 1. The van der Waals surface area contributed by atoms with Crippen molar-refractivity contribution in [3.05, 3.63) is 34.4 Å². The van der Waals surface area contributed by atoms with Crippen LogP contribution >= 0.6 is 0 Å². The highest BCUT2D eigenvalue weighted by molar-refractivity contribution is 6.01. The van der Waals surface area contributed by atoms with Crippen LogP contribution in [0.25, 0.3) is 0 Å². The Balaban J connectivity index is 2.30. The van der Waals surface area contributed by atoms with E-state index in [0.29, 0.717) is 19.4 Å². The Kier molecular flexibility index (Phi) is 3.01. The molecule has 3 nitrogen and oxygen atoms in total. The minimum Gasteiger partial charge on any atom is -0.278 e. The number of imide groups is 1. The largest absolute Gasteiger partial charge is 0.278 e. The first-order valence-corrected chi connectivity index (χ1v) is 5.89. The normalized spacial score (nSPS) is 15.8. The Morgan fingerprint density at radius 2 is 1.47 bits per heavy atom. The Morgan fingerprint density at radius 3 is 1.94 bits per heavy atom. The highest BCUT2D eigenvalue weighted by Gasteiger charge is 2.29. The van der Waals surface area contributed by atoms with Gasteiger partial charge in [-0.3, -0.25) is 14.5 Å². The van der Waals surface area contributed by atoms with Gasteiger partial charge in [-0.05, 0) is 37.5 Å². The number of amides is 2. The first-order valence-electron chi connectivity index (χ1n) is 5.89. The maximum atomic E-state index is 11.6. The quantitative estimate of drug-likeness (QED) is 0.732. The van der Waals surface area contributed by atoms with Crippen molar-refractivity contribution in [2.24, 2.45) is 0 Å². The van der Waals surface area contributed by atoms with Gasteiger partial charge in [-0.15, -0.1) is 0 Å². The van der Waals surface area contributed by atoms with Gasteiger partial charge in [0.2, 0.25) is 11.8 Å². The molecule has 1 fully saturated rings. The van der Waals surface area contributed by atoms with Gasteiger partial charge in [0, 0.05) is 12.8 Å². The van der Waals surface area contributed by atoms with Crippen LogP contribution < -0.4 is 0 Å². The van der Waals surface area contributed by atoms with Gasteiger partial charge in [0.15, 0.2) is 0 Å². The number of rotatable bonds is 2. The molecule has 0 radical (unpaired) electrons. The topological polar surface area (TPSA) is 37.4 Å². The predicted molar refractivity (Wildman–Crippen MR) is 65.4 cm³/mol. The van der Waals surface area contributed by atoms with Gasteiger partial charge in [0.1, 0.15) is 0 Å². The third kappa shape index (κ3) is 2.23. The molecule has 0 N–H and O–H groups in total. The summed E-state index contributed by atoms with van der Waals surface area (Å²) < 4.78 is 0. The summed E-state index contributed by atoms with van der Waals surface area (Å²) in [5.41, 5.74) is 4.60. The van der Waals surface area contributed by atoms with Crippen molar-refractivity contribution in [3.63, 3.8) is 0 Å². The summed E-state index contributed by atoms with van der Waals surface area (Å²) in [5, 5.41) is 0. The van der Waals surface area contributed by atoms with Gasteiger partial charge in [-0.2, -0.15) is 0 Å². The van der Waals surface area contributed by atoms with E-state index in [2.05, 4.69) is 19.1 Å². The summed E-state index contributed by atoms with van der Waals surface area (Å²) in [5.74, 6) is -0.0937. The van der Waals surface area contributed by atoms with E-state index in [9.17, 15) is 9.59 Å². The number of likely N-dealkylation sites (tertiary alicyclic amines) is 1. The van der Waals surface area contributed by atoms with Crippen molar-refractivity contribution in [2.45, 2.75) is 40.2 Å². The molecule has 1 heterocycles. The monoisotopic (exact) mass is 231 g/mol. The second kappa shape index (κ2) is 4.32. The first-order chi connectivity index (χ1) is 7.99. The first kappa shape index (κ1) is 11.8. The molecule has 0 unspecified atom stereocenters. The van der Waals surface area contributed by atoms with E-state index in [0.717, 1.165) is 16.7 Å². The van der Waals surface area contributed by atoms with Crippen LogP contribution in [0.2, 0.25) is 0 Å². The minimum absolute atomic E-state index is 0.0469. The molecule has 1 aromatic rings. The summed E-state index contributed by atoms with van der Waals surface area (Å²) in [6.07, 6.45) is 0.728. The van der Waals surface area contributed by atoms with Crippen molar-refractivity contribution in [1.29, 1.82) is 0 Å². The summed E-state index contributed by atoms with van der Waals surface area (Å²) in [6.45, 7) is 6.53. The Morgan fingerprint density at radius 1 is 1.00 bits per heavy atom. The van der Waals surface area contributed by atoms with Gasteiger partial charge >= 0.3 is 0 Å². The molecule has 17 heavy (non-hydrogen) atoms. The van der Waals surface area contributed by atoms with Crippen molar-refractivity contribution < 1.29 is 9.59 Å². The molecule has 0 saturated carbocycles. The van der Waals surface area contributed by atoms with E-state index < -0.39 is 0 Å². The van der Waals surface area contributed by atoms with E-state index >= 15 is 0 Å². The van der Waals surface area contributed by atoms with Crippen molar-refractivity contribution in [3.8, 4) is 0 Å². The SMILES string of the molecule is Cc1cc(C)c(CN2C(=O)CCC2=O)c(C)c1. The third-order valence-corrected chi connectivity index (χ3v) is 3.31. The van der Waals surface area contributed by atoms with Crippen LogP contribution in [0.1, 0.15) is 35.1 Å². The number of benzene rings is 1. The number of carbonyl (C=O) groups excluding carboxylic acids is 2. The summed E-state index contributed by atoms with van der Waals surface area (Å²) >= 11 is 0. The van der Waals surface area contributed by atoms with E-state index in [1.54, 1.807) is 0 Å². The van der Waals surface area contributed by atoms with Crippen LogP contribution in [-0.4, -0.2) is 16.7 Å². The lowest BCUT2D eigenvalue weighted by molar-refractivity contribution is -0.139. The summed E-state index contributed by atoms with van der Waals surface area (Å²) in [4.78, 5) is 24.5. The highest BCUT2D eigenvalue weighted by Crippen LogP contribution is 2.21. The summed E-state index contributed by atoms with van der Waals surface area (Å²) in [7, 11) is 0. The van der Waals surface area contributed by atoms with Crippen LogP contribution in [0, 0.1) is 20.8 Å². The van der Waals surface area contributed by atoms with Crippen molar-refractivity contribution in [2.75, 3.05) is 0 Å². The second-order valence-corrected chi connectivity index (χ2v) is 4.75. The van der Waals surface area contributed by atoms with Crippen LogP contribution in [0.5, 0.6) is 0 Å². The van der Waals surface area contributed by atoms with Crippen molar-refractivity contribution >= 4 is 11.8 Å². The zero-order valence-corrected chi connectivity index (χ0v) is 10.5. The second-order valence-electron chi connectivity index (χ2n) is 4.75. The van der Waals surface area contributed by atoms with Gasteiger partial charge in [0.25, 0.3) is 0 Å². The zero-order chi connectivity index (χ0) is 12.6. The Hall–Kier alpha value is -1.64. The fourth-order valence-electron chi connectivity index (χ4n) is 2.42. The number of hydrogen-bond donors (Lipinski definition) is 0. The lowest BCUT2D eigenvalue weighted by Gasteiger charge is -2.18. The lowest BCUT2D eigenvalue weighted by Crippen LogP contribution is -2.29. The average molecular weight is 231 g/mol. The van der Waals surface area contributed by atoms with Gasteiger partial charge in [0.05, 0.1) is 6.54 Å². The highest BCUT2D eigenvalue weighted by atomic mass is 16.2. The smallest absolute Gasteiger partial charge is 0.229 e. The zero-order valence-electron chi connectivity index (χ0n) is 10.5. The van der Waals surface area contributed by atoms with Crippen LogP contribution in [-0.2, 0) is 16.1 Å². The van der Waals surface area contributed by atoms with Crippen molar-refractivity contribution in [1.82, 2.24) is 4.90 Å².